The van der Waals surface area contributed by atoms with Crippen molar-refractivity contribution < 1.29 is 16.0 Å². The molecular weight excluding hydrogens is 550 g/mol. The van der Waals surface area contributed by atoms with Crippen LogP contribution in [0.1, 0.15) is 65.9 Å². The summed E-state index contributed by atoms with van der Waals surface area (Å²) in [5, 5.41) is 11.6. The minimum Gasteiger partial charge on any atom is -0.498 e. The van der Waals surface area contributed by atoms with Gasteiger partial charge in [0.1, 0.15) is 5.76 Å². The number of nitrogens with one attached hydrogen (secondary N) is 1. The lowest BCUT2D eigenvalue weighted by atomic mass is 9.98. The van der Waals surface area contributed by atoms with Gasteiger partial charge in [-0.25, -0.2) is 9.97 Å². The maximum Gasteiger partial charge on any atom is 0.223 e. The highest BCUT2D eigenvalue weighted by Crippen LogP contribution is 2.60. The van der Waals surface area contributed by atoms with E-state index in [4.69, 9.17) is 19.6 Å². The van der Waals surface area contributed by atoms with Crippen molar-refractivity contribution in [2.24, 2.45) is 11.8 Å². The van der Waals surface area contributed by atoms with Crippen LogP contribution in [0.4, 0.5) is 5.95 Å². The van der Waals surface area contributed by atoms with Gasteiger partial charge in [-0.1, -0.05) is 44.2 Å². The predicted octanol–water partition coefficient (Wildman–Crippen LogP) is 5.86. The van der Waals surface area contributed by atoms with E-state index in [0.717, 1.165) is 88.5 Å². The van der Waals surface area contributed by atoms with Gasteiger partial charge in [-0.2, -0.15) is 0 Å². The maximum atomic E-state index is 7.88. The summed E-state index contributed by atoms with van der Waals surface area (Å²) in [6.45, 7) is 9.85. The van der Waals surface area contributed by atoms with Crippen LogP contribution in [0.3, 0.4) is 0 Å². The van der Waals surface area contributed by atoms with Crippen LogP contribution >= 0.6 is 0 Å². The van der Waals surface area contributed by atoms with Gasteiger partial charge in [0, 0.05) is 56.7 Å². The third kappa shape index (κ3) is 7.82. The number of hydrogen-bond acceptors (Lipinski definition) is 8. The Morgan fingerprint density at radius 1 is 1.20 bits per heavy atom. The number of rotatable bonds is 8. The molecule has 4 atom stereocenters. The van der Waals surface area contributed by atoms with Crippen LogP contribution in [0.5, 0.6) is 0 Å². The van der Waals surface area contributed by atoms with Gasteiger partial charge in [-0.15, -0.1) is 0 Å². The van der Waals surface area contributed by atoms with Crippen molar-refractivity contribution in [1.82, 2.24) is 19.8 Å². The first kappa shape index (κ1) is 32.5. The molecule has 8 nitrogen and oxygen atoms in total. The van der Waals surface area contributed by atoms with E-state index in [1.54, 1.807) is 0 Å². The summed E-state index contributed by atoms with van der Waals surface area (Å²) in [5.41, 5.74) is 2.12. The Labute approximate surface area is 266 Å². The third-order valence-electron chi connectivity index (χ3n) is 9.20. The van der Waals surface area contributed by atoms with E-state index in [1.807, 2.05) is 13.1 Å². The topological polar surface area (TPSA) is 83.0 Å². The highest BCUT2D eigenvalue weighted by Gasteiger charge is 2.58. The summed E-state index contributed by atoms with van der Waals surface area (Å²) >= 11 is 0. The van der Waals surface area contributed by atoms with E-state index in [9.17, 15) is 0 Å². The van der Waals surface area contributed by atoms with Gasteiger partial charge in [0.2, 0.25) is 5.95 Å². The Balaban J connectivity index is 0.000000871. The summed E-state index contributed by atoms with van der Waals surface area (Å²) in [4.78, 5) is 14.5. The Morgan fingerprint density at radius 3 is 2.89 bits per heavy atom. The molecule has 0 amide bonds. The summed E-state index contributed by atoms with van der Waals surface area (Å²) in [6.07, 6.45) is 25.1. The average Bonchev–Trinajstić information content (AvgIpc) is 3.92. The molecule has 1 aromatic rings. The molecule has 242 valence electrons. The number of anilines is 1. The first-order chi connectivity index (χ1) is 21.4. The van der Waals surface area contributed by atoms with Gasteiger partial charge < -0.3 is 24.8 Å². The molecule has 0 saturated heterocycles. The van der Waals surface area contributed by atoms with Crippen LogP contribution in [0.25, 0.3) is 0 Å². The van der Waals surface area contributed by atoms with E-state index >= 15 is 0 Å². The van der Waals surface area contributed by atoms with E-state index in [1.165, 1.54) is 12.0 Å². The molecule has 1 aliphatic heterocycles. The first-order valence-electron chi connectivity index (χ1n) is 16.7. The number of aromatic nitrogens is 2. The molecule has 4 unspecified atom stereocenters. The van der Waals surface area contributed by atoms with Crippen LogP contribution in [-0.2, 0) is 14.9 Å². The standard InChI is InChI=1S/C33H45N5O2.C3H8O.H2/c1-4-15-37(2)17-10-19-40-29-20-26-22-33(26)21-25(29)24-38(3)16-8-5-9-18-39-28-11-6-7-13-32(23-27(28)32)30-12-14-34-31(35-30)36-33;1-2-3-4;/h5,7-8,11-14,20-21,26-27H,4,6,9-10,15-19,22-24H2,1-3H3,(H,34,35,36);4H,2-3H2,1H3;1H/b8-5+;;. The lowest BCUT2D eigenvalue weighted by Gasteiger charge is -2.26. The number of ether oxygens (including phenoxy) is 2. The fourth-order valence-electron chi connectivity index (χ4n) is 6.61. The molecule has 2 saturated carbocycles. The molecule has 0 radical (unpaired) electrons. The summed E-state index contributed by atoms with van der Waals surface area (Å²) in [5.74, 6) is 3.65. The molecule has 5 aliphatic rings. The van der Waals surface area contributed by atoms with Crippen LogP contribution in [0.2, 0.25) is 0 Å². The molecule has 0 aromatic carbocycles. The van der Waals surface area contributed by atoms with E-state index in [2.05, 4.69) is 89.7 Å². The number of nitrogens with zero attached hydrogens (tertiary/aromatic N) is 4. The number of likely N-dealkylation sites (N-methyl/N-ethyl adjacent to an activating group) is 1. The maximum absolute atomic E-state index is 7.88. The fourth-order valence-corrected chi connectivity index (χ4v) is 6.61. The van der Waals surface area contributed by atoms with Crippen molar-refractivity contribution in [2.45, 2.75) is 69.7 Å². The van der Waals surface area contributed by atoms with Gasteiger partial charge >= 0.3 is 0 Å². The van der Waals surface area contributed by atoms with Gasteiger partial charge in [0.25, 0.3) is 0 Å². The predicted molar refractivity (Wildman–Crippen MR) is 179 cm³/mol. The second-order valence-electron chi connectivity index (χ2n) is 13.0. The monoisotopic (exact) mass is 605 g/mol. The van der Waals surface area contributed by atoms with Crippen molar-refractivity contribution in [2.75, 3.05) is 65.4 Å². The lowest BCUT2D eigenvalue weighted by Crippen LogP contribution is -2.30. The number of hydrogen-bond donors (Lipinski definition) is 2. The highest BCUT2D eigenvalue weighted by atomic mass is 16.5. The molecule has 6 rings (SSSR count). The SMILES string of the molecule is CCCN(C)CCCOC1=CC2CC23C=C1CN(C)C/C=C/CCOC1=CCC=CC2(CC12)c1ccnc(n1)N3.CCCO.[HH]. The molecular formula is C36H55N5O3. The zero-order valence-electron chi connectivity index (χ0n) is 27.3. The molecule has 8 heteroatoms. The second-order valence-corrected chi connectivity index (χ2v) is 13.0. The summed E-state index contributed by atoms with van der Waals surface area (Å²) in [6, 6.07) is 2.09. The zero-order chi connectivity index (χ0) is 31.0. The Kier molecular flexibility index (Phi) is 11.0. The van der Waals surface area contributed by atoms with Crippen LogP contribution in [-0.4, -0.2) is 90.5 Å². The van der Waals surface area contributed by atoms with Crippen LogP contribution in [0.15, 0.2) is 71.9 Å². The largest absolute Gasteiger partial charge is 0.498 e. The molecule has 1 spiro atoms. The zero-order valence-corrected chi connectivity index (χ0v) is 27.3. The Morgan fingerprint density at radius 2 is 2.07 bits per heavy atom. The van der Waals surface area contributed by atoms with Gasteiger partial charge in [0.05, 0.1) is 30.2 Å². The van der Waals surface area contributed by atoms with Crippen molar-refractivity contribution in [3.63, 3.8) is 0 Å². The van der Waals surface area contributed by atoms with E-state index in [-0.39, 0.29) is 12.4 Å². The summed E-state index contributed by atoms with van der Waals surface area (Å²) < 4.78 is 12.7. The molecule has 2 heterocycles. The van der Waals surface area contributed by atoms with Gasteiger partial charge in [-0.05, 0) is 83.8 Å². The van der Waals surface area contributed by atoms with Crippen LogP contribution < -0.4 is 5.32 Å². The fraction of sp³-hybridized carbons (Fsp3) is 0.611. The number of allylic oxidation sites excluding steroid dienone is 4. The minimum absolute atomic E-state index is 0. The van der Waals surface area contributed by atoms with Crippen LogP contribution in [0, 0.1) is 11.8 Å². The summed E-state index contributed by atoms with van der Waals surface area (Å²) in [7, 11) is 4.37. The Hall–Kier alpha value is -2.94. The molecule has 2 fully saturated rings. The average molecular weight is 606 g/mol. The van der Waals surface area contributed by atoms with E-state index in [0.29, 0.717) is 31.0 Å². The van der Waals surface area contributed by atoms with Gasteiger partial charge in [-0.3, -0.25) is 4.90 Å². The molecule has 6 bridgehead atoms. The normalized spacial score (nSPS) is 29.7. The first-order valence-corrected chi connectivity index (χ1v) is 16.7. The molecule has 4 aliphatic carbocycles. The van der Waals surface area contributed by atoms with Crippen molar-refractivity contribution in [3.05, 3.63) is 77.6 Å². The van der Waals surface area contributed by atoms with Crippen molar-refractivity contribution in [1.29, 1.82) is 0 Å². The van der Waals surface area contributed by atoms with Gasteiger partial charge in [0.15, 0.2) is 0 Å². The Bertz CT molecular complexity index is 1280. The second kappa shape index (κ2) is 14.9. The van der Waals surface area contributed by atoms with E-state index < -0.39 is 0 Å². The van der Waals surface area contributed by atoms with Crippen molar-refractivity contribution >= 4 is 5.95 Å². The quantitative estimate of drug-likeness (QED) is 0.282. The number of aliphatic hydroxyl groups is 1. The minimum atomic E-state index is -0.141. The number of fused-ring (bicyclic) bond motifs is 2. The molecule has 44 heavy (non-hydrogen) atoms. The number of aliphatic hydroxyl groups excluding tert-OH is 1. The molecule has 1 aromatic heterocycles. The lowest BCUT2D eigenvalue weighted by molar-refractivity contribution is 0.191. The molecule has 2 N–H and O–H groups in total. The smallest absolute Gasteiger partial charge is 0.223 e. The third-order valence-corrected chi connectivity index (χ3v) is 9.20. The highest BCUT2D eigenvalue weighted by molar-refractivity contribution is 5.52. The van der Waals surface area contributed by atoms with Crippen molar-refractivity contribution in [3.8, 4) is 0 Å².